The zero-order valence-electron chi connectivity index (χ0n) is 39.3. The Bertz CT molecular complexity index is 3980. The summed E-state index contributed by atoms with van der Waals surface area (Å²) in [6, 6.07) is 73.8. The molecule has 0 aliphatic heterocycles. The summed E-state index contributed by atoms with van der Waals surface area (Å²) in [7, 11) is 0. The summed E-state index contributed by atoms with van der Waals surface area (Å²) in [4.78, 5) is 4.65. The van der Waals surface area contributed by atoms with E-state index in [0.29, 0.717) is 11.3 Å². The number of aromatic nitrogens is 3. The SMILES string of the molecule is Cc1ccccc1-c1ccc2c3ccc(-c4ccccc4C)cc3n(-c3cc(-c4ccc(C#N)nc4)c(-n4c5cc(-c6ccccc6C)ccc5c5ccc(-c6ccccc6C)cc54)cc3C#N)c2c1. The molecule has 0 amide bonds. The maximum absolute atomic E-state index is 11.6. The van der Waals surface area contributed by atoms with Crippen LogP contribution in [0.2, 0.25) is 0 Å². The second-order valence-electron chi connectivity index (χ2n) is 18.4. The van der Waals surface area contributed by atoms with Gasteiger partial charge in [-0.2, -0.15) is 10.5 Å². The first-order valence-corrected chi connectivity index (χ1v) is 23.6. The number of rotatable bonds is 7. The molecule has 5 heteroatoms. The largest absolute Gasteiger partial charge is 0.309 e. The third-order valence-corrected chi connectivity index (χ3v) is 14.3. The number of pyridine rings is 1. The Balaban J connectivity index is 1.21. The van der Waals surface area contributed by atoms with Crippen molar-refractivity contribution < 1.29 is 0 Å². The monoisotopic (exact) mass is 895 g/mol. The van der Waals surface area contributed by atoms with E-state index < -0.39 is 0 Å². The van der Waals surface area contributed by atoms with Crippen molar-refractivity contribution in [3.05, 3.63) is 234 Å². The Kier molecular flexibility index (Phi) is 10.1. The van der Waals surface area contributed by atoms with Crippen molar-refractivity contribution in [2.75, 3.05) is 0 Å². The van der Waals surface area contributed by atoms with Crippen LogP contribution in [-0.2, 0) is 0 Å². The molecule has 12 rings (SSSR count). The zero-order chi connectivity index (χ0) is 47.6. The highest BCUT2D eigenvalue weighted by molar-refractivity contribution is 6.13. The zero-order valence-corrected chi connectivity index (χ0v) is 39.3. The molecule has 9 aromatic carbocycles. The standard InChI is InChI=1S/C65H45N5/c1-40-13-5-9-17-51(40)44-22-27-55-56-28-23-45(52-18-10-6-14-41(52)2)32-62(56)69(61(55)31-44)60-36-59(48-21-26-50(38-67)68-39-48)65(35-49(60)37-66)70-63-33-46(53-19-11-7-15-42(53)3)24-29-57(63)58-30-25-47(34-64(58)70)54-20-12-8-16-43(54)4/h5-36,39H,1-4H3. The minimum Gasteiger partial charge on any atom is -0.309 e. The Morgan fingerprint density at radius 2 is 0.700 bits per heavy atom. The van der Waals surface area contributed by atoms with Gasteiger partial charge in [0.05, 0.1) is 39.0 Å². The number of nitriles is 2. The van der Waals surface area contributed by atoms with Crippen LogP contribution in [0.25, 0.3) is 111 Å². The normalized spacial score (nSPS) is 11.4. The van der Waals surface area contributed by atoms with Crippen molar-refractivity contribution in [2.24, 2.45) is 0 Å². The van der Waals surface area contributed by atoms with Crippen LogP contribution in [0.3, 0.4) is 0 Å². The molecule has 3 heterocycles. The van der Waals surface area contributed by atoms with Crippen LogP contribution in [0.5, 0.6) is 0 Å². The van der Waals surface area contributed by atoms with Crippen molar-refractivity contribution >= 4 is 43.6 Å². The second kappa shape index (κ2) is 16.8. The van der Waals surface area contributed by atoms with Gasteiger partial charge in [0.25, 0.3) is 0 Å². The van der Waals surface area contributed by atoms with Gasteiger partial charge in [-0.15, -0.1) is 0 Å². The Labute approximate surface area is 407 Å². The minimum atomic E-state index is 0.330. The Hall–Kier alpha value is -9.29. The average Bonchev–Trinajstić information content (AvgIpc) is 3.89. The van der Waals surface area contributed by atoms with Crippen molar-refractivity contribution in [3.8, 4) is 79.1 Å². The van der Waals surface area contributed by atoms with Gasteiger partial charge in [0.1, 0.15) is 17.8 Å². The smallest absolute Gasteiger partial charge is 0.140 e. The first-order chi connectivity index (χ1) is 34.3. The molecule has 0 fully saturated rings. The van der Waals surface area contributed by atoms with Gasteiger partial charge in [-0.1, -0.05) is 146 Å². The molecule has 0 unspecified atom stereocenters. The third kappa shape index (κ3) is 6.87. The van der Waals surface area contributed by atoms with Crippen molar-refractivity contribution in [1.29, 1.82) is 10.5 Å². The lowest BCUT2D eigenvalue weighted by atomic mass is 9.98. The van der Waals surface area contributed by atoms with Crippen LogP contribution in [0.15, 0.2) is 200 Å². The van der Waals surface area contributed by atoms with Gasteiger partial charge < -0.3 is 9.13 Å². The van der Waals surface area contributed by atoms with Gasteiger partial charge in [-0.05, 0) is 143 Å². The fourth-order valence-corrected chi connectivity index (χ4v) is 10.7. The van der Waals surface area contributed by atoms with E-state index >= 15 is 0 Å². The molecule has 0 N–H and O–H groups in total. The van der Waals surface area contributed by atoms with Crippen molar-refractivity contribution in [1.82, 2.24) is 14.1 Å². The van der Waals surface area contributed by atoms with Crippen LogP contribution in [0, 0.1) is 50.4 Å². The second-order valence-corrected chi connectivity index (χ2v) is 18.4. The highest BCUT2D eigenvalue weighted by Crippen LogP contribution is 2.44. The summed E-state index contributed by atoms with van der Waals surface area (Å²) >= 11 is 0. The molecule has 0 spiro atoms. The maximum atomic E-state index is 11.6. The fraction of sp³-hybridized carbons (Fsp3) is 0.0615. The highest BCUT2D eigenvalue weighted by atomic mass is 15.0. The molecular weight excluding hydrogens is 851 g/mol. The molecule has 0 saturated carbocycles. The lowest BCUT2D eigenvalue weighted by Crippen LogP contribution is -2.04. The lowest BCUT2D eigenvalue weighted by Gasteiger charge is -2.19. The van der Waals surface area contributed by atoms with E-state index in [9.17, 15) is 10.5 Å². The topological polar surface area (TPSA) is 70.3 Å². The van der Waals surface area contributed by atoms with Crippen LogP contribution in [0.1, 0.15) is 33.5 Å². The predicted molar refractivity (Wildman–Crippen MR) is 288 cm³/mol. The molecule has 330 valence electrons. The van der Waals surface area contributed by atoms with Gasteiger partial charge in [-0.25, -0.2) is 4.98 Å². The van der Waals surface area contributed by atoms with E-state index in [2.05, 4.69) is 236 Å². The van der Waals surface area contributed by atoms with Crippen LogP contribution >= 0.6 is 0 Å². The summed E-state index contributed by atoms with van der Waals surface area (Å²) in [6.45, 7) is 8.60. The first kappa shape index (κ1) is 42.1. The number of hydrogen-bond acceptors (Lipinski definition) is 3. The maximum Gasteiger partial charge on any atom is 0.140 e. The number of hydrogen-bond donors (Lipinski definition) is 0. The molecule has 0 atom stereocenters. The average molecular weight is 896 g/mol. The van der Waals surface area contributed by atoms with E-state index in [1.54, 1.807) is 12.3 Å². The van der Waals surface area contributed by atoms with E-state index in [1.165, 1.54) is 22.3 Å². The number of aryl methyl sites for hydroxylation is 4. The minimum absolute atomic E-state index is 0.330. The van der Waals surface area contributed by atoms with Gasteiger partial charge in [-0.3, -0.25) is 0 Å². The van der Waals surface area contributed by atoms with Crippen LogP contribution in [-0.4, -0.2) is 14.1 Å². The molecular formula is C65H45N5. The summed E-state index contributed by atoms with van der Waals surface area (Å²) in [5, 5.41) is 25.9. The summed E-state index contributed by atoms with van der Waals surface area (Å²) in [5.41, 5.74) is 21.9. The first-order valence-electron chi connectivity index (χ1n) is 23.6. The lowest BCUT2D eigenvalue weighted by molar-refractivity contribution is 1.13. The number of nitrogens with zero attached hydrogens (tertiary/aromatic N) is 5. The van der Waals surface area contributed by atoms with E-state index in [4.69, 9.17) is 0 Å². The molecule has 0 aliphatic carbocycles. The molecule has 70 heavy (non-hydrogen) atoms. The quantitative estimate of drug-likeness (QED) is 0.160. The van der Waals surface area contributed by atoms with Crippen LogP contribution in [0.4, 0.5) is 0 Å². The van der Waals surface area contributed by atoms with Gasteiger partial charge in [0.15, 0.2) is 0 Å². The van der Waals surface area contributed by atoms with E-state index in [1.807, 2.05) is 6.07 Å². The van der Waals surface area contributed by atoms with Crippen molar-refractivity contribution in [3.63, 3.8) is 0 Å². The highest BCUT2D eigenvalue weighted by Gasteiger charge is 2.24. The Morgan fingerprint density at radius 3 is 1.03 bits per heavy atom. The fourth-order valence-electron chi connectivity index (χ4n) is 10.7. The van der Waals surface area contributed by atoms with Gasteiger partial charge >= 0.3 is 0 Å². The van der Waals surface area contributed by atoms with Gasteiger partial charge in [0, 0.05) is 38.9 Å². The summed E-state index contributed by atoms with van der Waals surface area (Å²) in [6.07, 6.45) is 1.79. The summed E-state index contributed by atoms with van der Waals surface area (Å²) in [5.74, 6) is 0. The Morgan fingerprint density at radius 1 is 0.343 bits per heavy atom. The molecule has 0 radical (unpaired) electrons. The van der Waals surface area contributed by atoms with Gasteiger partial charge in [0.2, 0.25) is 0 Å². The summed E-state index contributed by atoms with van der Waals surface area (Å²) < 4.78 is 4.63. The van der Waals surface area contributed by atoms with E-state index in [0.717, 1.165) is 111 Å². The number of fused-ring (bicyclic) bond motifs is 6. The molecule has 0 saturated heterocycles. The van der Waals surface area contributed by atoms with E-state index in [-0.39, 0.29) is 0 Å². The molecule has 12 aromatic rings. The molecule has 0 bridgehead atoms. The molecule has 0 aliphatic rings. The van der Waals surface area contributed by atoms with Crippen molar-refractivity contribution in [2.45, 2.75) is 27.7 Å². The number of benzene rings is 9. The predicted octanol–water partition coefficient (Wildman–Crippen LogP) is 16.6. The molecule has 5 nitrogen and oxygen atoms in total. The third-order valence-electron chi connectivity index (χ3n) is 14.3. The molecule has 3 aromatic heterocycles. The van der Waals surface area contributed by atoms with Crippen LogP contribution < -0.4 is 0 Å².